The molecule has 2 aliphatic rings. The lowest BCUT2D eigenvalue weighted by Gasteiger charge is -2.21. The Morgan fingerprint density at radius 3 is 1.89 bits per heavy atom. The van der Waals surface area contributed by atoms with E-state index in [1.807, 2.05) is 66.7 Å². The lowest BCUT2D eigenvalue weighted by Crippen LogP contribution is -2.22. The molecule has 1 aromatic heterocycles. The molecule has 2 aromatic carbocycles. The van der Waals surface area contributed by atoms with Crippen LogP contribution >= 0.6 is 0 Å². The zero-order valence-corrected chi connectivity index (χ0v) is 21.8. The van der Waals surface area contributed by atoms with Gasteiger partial charge < -0.3 is 19.6 Å². The highest BCUT2D eigenvalue weighted by Gasteiger charge is 2.38. The van der Waals surface area contributed by atoms with Gasteiger partial charge in [-0.25, -0.2) is 4.99 Å². The summed E-state index contributed by atoms with van der Waals surface area (Å²) in [7, 11) is 0. The van der Waals surface area contributed by atoms with Gasteiger partial charge in [0.15, 0.2) is 0 Å². The molecule has 0 fully saturated rings. The van der Waals surface area contributed by atoms with E-state index < -0.39 is 0 Å². The highest BCUT2D eigenvalue weighted by Crippen LogP contribution is 2.39. The van der Waals surface area contributed by atoms with E-state index >= 15 is 0 Å². The van der Waals surface area contributed by atoms with Crippen molar-refractivity contribution in [3.63, 3.8) is 0 Å². The number of unbranched alkanes of at least 4 members (excludes halogenated alkanes) is 2. The number of rotatable bonds is 11. The van der Waals surface area contributed by atoms with E-state index in [2.05, 4.69) is 23.8 Å². The zero-order chi connectivity index (χ0) is 26.5. The second-order valence-corrected chi connectivity index (χ2v) is 9.38. The Labute approximate surface area is 223 Å². The summed E-state index contributed by atoms with van der Waals surface area (Å²) in [5, 5.41) is 10.8. The number of aliphatic hydroxyl groups is 1. The van der Waals surface area contributed by atoms with Crippen LogP contribution in [-0.4, -0.2) is 34.8 Å². The van der Waals surface area contributed by atoms with Crippen LogP contribution in [0, 0.1) is 0 Å². The maximum absolute atomic E-state index is 13.1. The summed E-state index contributed by atoms with van der Waals surface area (Å²) in [4.78, 5) is 20.9. The molecule has 194 valence electrons. The Morgan fingerprint density at radius 1 is 0.737 bits per heavy atom. The summed E-state index contributed by atoms with van der Waals surface area (Å²) in [6.45, 7) is 5.67. The van der Waals surface area contributed by atoms with Gasteiger partial charge in [-0.15, -0.1) is 0 Å². The third-order valence-corrected chi connectivity index (χ3v) is 6.63. The second-order valence-electron chi connectivity index (χ2n) is 9.38. The van der Waals surface area contributed by atoms with Gasteiger partial charge in [0, 0.05) is 11.3 Å². The molecule has 6 heteroatoms. The summed E-state index contributed by atoms with van der Waals surface area (Å²) < 4.78 is 11.5. The molecule has 0 saturated heterocycles. The molecule has 1 aliphatic carbocycles. The Morgan fingerprint density at radius 2 is 1.32 bits per heavy atom. The highest BCUT2D eigenvalue weighted by atomic mass is 16.5. The van der Waals surface area contributed by atoms with Gasteiger partial charge in [0.1, 0.15) is 17.3 Å². The summed E-state index contributed by atoms with van der Waals surface area (Å²) >= 11 is 0. The molecule has 6 nitrogen and oxygen atoms in total. The van der Waals surface area contributed by atoms with Crippen molar-refractivity contribution in [2.75, 3.05) is 13.2 Å². The largest absolute Gasteiger partial charge is 0.506 e. The number of nitrogens with zero attached hydrogens (tertiary/aromatic N) is 1. The van der Waals surface area contributed by atoms with E-state index in [4.69, 9.17) is 9.47 Å². The minimum atomic E-state index is -0.222. The summed E-state index contributed by atoms with van der Waals surface area (Å²) in [6, 6.07) is 19.3. The summed E-state index contributed by atoms with van der Waals surface area (Å²) in [5.41, 5.74) is 5.08. The Bertz CT molecular complexity index is 1440. The SMILES string of the molecule is CCCCOc1ccc(C2=N/C(=C3/C(=O)C(c4ccc(-c5ccc(OCCCC)cc5)[nH]4)=C3O)C=C2)cc1. The number of carbonyl (C=O) groups excluding carboxylic acids is 1. The first-order valence-corrected chi connectivity index (χ1v) is 13.2. The van der Waals surface area contributed by atoms with Gasteiger partial charge in [-0.1, -0.05) is 26.7 Å². The molecule has 0 atom stereocenters. The van der Waals surface area contributed by atoms with Crippen molar-refractivity contribution in [3.8, 4) is 22.8 Å². The van der Waals surface area contributed by atoms with Crippen molar-refractivity contribution in [2.45, 2.75) is 39.5 Å². The first kappa shape index (κ1) is 25.3. The molecule has 0 spiro atoms. The van der Waals surface area contributed by atoms with Crippen LogP contribution in [0.15, 0.2) is 94.8 Å². The predicted octanol–water partition coefficient (Wildman–Crippen LogP) is 7.20. The molecule has 2 heterocycles. The van der Waals surface area contributed by atoms with Crippen molar-refractivity contribution < 1.29 is 19.4 Å². The number of aromatic nitrogens is 1. The highest BCUT2D eigenvalue weighted by molar-refractivity contribution is 6.39. The fourth-order valence-electron chi connectivity index (χ4n) is 4.38. The quantitative estimate of drug-likeness (QED) is 0.212. The van der Waals surface area contributed by atoms with Crippen LogP contribution in [0.1, 0.15) is 50.8 Å². The predicted molar refractivity (Wildman–Crippen MR) is 151 cm³/mol. The maximum Gasteiger partial charge on any atom is 0.204 e. The summed E-state index contributed by atoms with van der Waals surface area (Å²) in [6.07, 6.45) is 7.85. The van der Waals surface area contributed by atoms with E-state index in [0.717, 1.165) is 59.7 Å². The number of ether oxygens (including phenoxy) is 2. The number of Topliss-reactive ketones (excluding diaryl/α,β-unsaturated/α-hetero) is 1. The number of carbonyl (C=O) groups is 1. The molecule has 0 radical (unpaired) electrons. The number of allylic oxidation sites excluding steroid dienone is 4. The number of nitrogens with one attached hydrogen (secondary N) is 1. The first-order valence-electron chi connectivity index (χ1n) is 13.2. The maximum atomic E-state index is 13.1. The third kappa shape index (κ3) is 5.21. The van der Waals surface area contributed by atoms with E-state index in [-0.39, 0.29) is 22.7 Å². The molecule has 5 rings (SSSR count). The van der Waals surface area contributed by atoms with E-state index in [9.17, 15) is 9.90 Å². The van der Waals surface area contributed by atoms with Crippen molar-refractivity contribution in [1.29, 1.82) is 0 Å². The third-order valence-electron chi connectivity index (χ3n) is 6.63. The molecule has 0 saturated carbocycles. The fraction of sp³-hybridized carbons (Fsp3) is 0.250. The Hall–Kier alpha value is -4.32. The number of hydrogen-bond donors (Lipinski definition) is 2. The zero-order valence-electron chi connectivity index (χ0n) is 21.8. The van der Waals surface area contributed by atoms with Crippen LogP contribution in [0.4, 0.5) is 0 Å². The molecule has 2 N–H and O–H groups in total. The standard InChI is InChI=1S/C32H32N2O4/c1-3-5-19-37-23-11-7-21(8-12-23)25-15-17-27(33-25)29-31(35)30(32(29)36)28-18-16-26(34-28)22-9-13-24(14-10-22)38-20-6-4-2/h7-18,33,35H,3-6,19-20H2,1-2H3/b30-28+. The first-order chi connectivity index (χ1) is 18.6. The molecular formula is C32H32N2O4. The monoisotopic (exact) mass is 508 g/mol. The number of ketones is 1. The number of hydrogen-bond acceptors (Lipinski definition) is 5. The van der Waals surface area contributed by atoms with Gasteiger partial charge in [-0.05, 0) is 91.2 Å². The van der Waals surface area contributed by atoms with Gasteiger partial charge in [0.2, 0.25) is 5.78 Å². The van der Waals surface area contributed by atoms with Crippen LogP contribution in [0.2, 0.25) is 0 Å². The van der Waals surface area contributed by atoms with Gasteiger partial charge >= 0.3 is 0 Å². The molecular weight excluding hydrogens is 476 g/mol. The number of aliphatic hydroxyl groups excluding tert-OH is 1. The lowest BCUT2D eigenvalue weighted by molar-refractivity contribution is -0.111. The average molecular weight is 509 g/mol. The summed E-state index contributed by atoms with van der Waals surface area (Å²) in [5.74, 6) is 1.40. The van der Waals surface area contributed by atoms with Crippen LogP contribution in [0.25, 0.3) is 16.8 Å². The van der Waals surface area contributed by atoms with E-state index in [1.165, 1.54) is 0 Å². The molecule has 3 aromatic rings. The van der Waals surface area contributed by atoms with Crippen LogP contribution < -0.4 is 9.47 Å². The van der Waals surface area contributed by atoms with E-state index in [0.29, 0.717) is 24.6 Å². The topological polar surface area (TPSA) is 83.9 Å². The van der Waals surface area contributed by atoms with Gasteiger partial charge in [-0.2, -0.15) is 0 Å². The minimum Gasteiger partial charge on any atom is -0.506 e. The van der Waals surface area contributed by atoms with Crippen molar-refractivity contribution >= 4 is 17.1 Å². The number of H-pyrrole nitrogens is 1. The fourth-order valence-corrected chi connectivity index (χ4v) is 4.38. The van der Waals surface area contributed by atoms with Crippen molar-refractivity contribution in [1.82, 2.24) is 4.98 Å². The van der Waals surface area contributed by atoms with Gasteiger partial charge in [0.05, 0.1) is 41.5 Å². The van der Waals surface area contributed by atoms with Crippen molar-refractivity contribution in [2.24, 2.45) is 4.99 Å². The number of benzene rings is 2. The van der Waals surface area contributed by atoms with Crippen LogP contribution in [0.3, 0.4) is 0 Å². The average Bonchev–Trinajstić information content (AvgIpc) is 3.61. The number of aliphatic imine (C=N–C) groups is 1. The van der Waals surface area contributed by atoms with Gasteiger partial charge in [-0.3, -0.25) is 4.79 Å². The van der Waals surface area contributed by atoms with Gasteiger partial charge in [0.25, 0.3) is 0 Å². The molecule has 38 heavy (non-hydrogen) atoms. The molecule has 0 unspecified atom stereocenters. The molecule has 0 bridgehead atoms. The van der Waals surface area contributed by atoms with Crippen LogP contribution in [-0.2, 0) is 4.79 Å². The lowest BCUT2D eigenvalue weighted by atomic mass is 9.85. The normalized spacial score (nSPS) is 16.6. The number of aromatic amines is 1. The Balaban J connectivity index is 1.30. The van der Waals surface area contributed by atoms with Crippen LogP contribution in [0.5, 0.6) is 11.5 Å². The molecule has 0 amide bonds. The van der Waals surface area contributed by atoms with E-state index in [1.54, 1.807) is 6.08 Å². The van der Waals surface area contributed by atoms with Crippen molar-refractivity contribution in [3.05, 3.63) is 101 Å². The minimum absolute atomic E-state index is 0.0348. The molecule has 1 aliphatic heterocycles. The second kappa shape index (κ2) is 11.4. The Kier molecular flexibility index (Phi) is 7.59. The smallest absolute Gasteiger partial charge is 0.204 e.